The standard InChI is InChI=1S/C13H21N3O3S/c1-14-12-3-6-15-9-13(12)20(17,18)16-7-4-11(5-8-16)10-19-2/h3,6,9,11H,4-5,7-8,10H2,1-2H3,(H,14,15). The molecule has 1 aliphatic heterocycles. The van der Waals surface area contributed by atoms with Gasteiger partial charge in [-0.05, 0) is 24.8 Å². The Balaban J connectivity index is 2.16. The Morgan fingerprint density at radius 1 is 1.45 bits per heavy atom. The van der Waals surface area contributed by atoms with E-state index in [1.54, 1.807) is 26.4 Å². The third-order valence-corrected chi connectivity index (χ3v) is 5.57. The number of nitrogens with zero attached hydrogens (tertiary/aromatic N) is 2. The number of aromatic nitrogens is 1. The number of sulfonamides is 1. The molecule has 7 heteroatoms. The van der Waals surface area contributed by atoms with Crippen LogP contribution < -0.4 is 5.32 Å². The second-order valence-corrected chi connectivity index (χ2v) is 6.83. The first kappa shape index (κ1) is 15.2. The van der Waals surface area contributed by atoms with Crippen LogP contribution in [-0.2, 0) is 14.8 Å². The quantitative estimate of drug-likeness (QED) is 0.883. The summed E-state index contributed by atoms with van der Waals surface area (Å²) in [4.78, 5) is 4.18. The number of piperidine rings is 1. The molecule has 0 atom stereocenters. The van der Waals surface area contributed by atoms with Gasteiger partial charge in [-0.1, -0.05) is 0 Å². The van der Waals surface area contributed by atoms with Gasteiger partial charge in [0.1, 0.15) is 4.90 Å². The van der Waals surface area contributed by atoms with Gasteiger partial charge in [-0.15, -0.1) is 0 Å². The van der Waals surface area contributed by atoms with E-state index in [-0.39, 0.29) is 4.90 Å². The summed E-state index contributed by atoms with van der Waals surface area (Å²) >= 11 is 0. The summed E-state index contributed by atoms with van der Waals surface area (Å²) < 4.78 is 32.0. The van der Waals surface area contributed by atoms with Crippen LogP contribution >= 0.6 is 0 Å². The topological polar surface area (TPSA) is 71.5 Å². The van der Waals surface area contributed by atoms with Crippen LogP contribution in [0.2, 0.25) is 0 Å². The number of rotatable bonds is 5. The summed E-state index contributed by atoms with van der Waals surface area (Å²) in [6.45, 7) is 1.77. The molecule has 2 heterocycles. The van der Waals surface area contributed by atoms with Gasteiger partial charge in [0.2, 0.25) is 10.0 Å². The summed E-state index contributed by atoms with van der Waals surface area (Å²) in [5.74, 6) is 0.448. The largest absolute Gasteiger partial charge is 0.387 e. The van der Waals surface area contributed by atoms with Gasteiger partial charge in [-0.25, -0.2) is 8.42 Å². The van der Waals surface area contributed by atoms with Crippen LogP contribution in [0.5, 0.6) is 0 Å². The third kappa shape index (κ3) is 3.11. The molecule has 1 aliphatic rings. The Bertz CT molecular complexity index is 540. The molecule has 1 saturated heterocycles. The van der Waals surface area contributed by atoms with E-state index in [0.717, 1.165) is 12.8 Å². The van der Waals surface area contributed by atoms with Gasteiger partial charge >= 0.3 is 0 Å². The number of ether oxygens (including phenoxy) is 1. The number of anilines is 1. The van der Waals surface area contributed by atoms with Crippen LogP contribution in [0.4, 0.5) is 5.69 Å². The lowest BCUT2D eigenvalue weighted by atomic mass is 9.99. The van der Waals surface area contributed by atoms with Crippen molar-refractivity contribution in [2.75, 3.05) is 39.2 Å². The smallest absolute Gasteiger partial charge is 0.246 e. The van der Waals surface area contributed by atoms with Gasteiger partial charge in [-0.3, -0.25) is 4.98 Å². The maximum Gasteiger partial charge on any atom is 0.246 e. The molecule has 0 amide bonds. The first-order valence-corrected chi connectivity index (χ1v) is 8.14. The van der Waals surface area contributed by atoms with Gasteiger partial charge in [-0.2, -0.15) is 4.31 Å². The lowest BCUT2D eigenvalue weighted by molar-refractivity contribution is 0.121. The monoisotopic (exact) mass is 299 g/mol. The Hall–Kier alpha value is -1.18. The molecule has 6 nitrogen and oxygen atoms in total. The zero-order chi connectivity index (χ0) is 14.6. The van der Waals surface area contributed by atoms with Gasteiger partial charge in [0.15, 0.2) is 0 Å². The van der Waals surface area contributed by atoms with Crippen molar-refractivity contribution >= 4 is 15.7 Å². The molecule has 0 spiro atoms. The summed E-state index contributed by atoms with van der Waals surface area (Å²) in [6.07, 6.45) is 4.66. The minimum atomic E-state index is -3.48. The summed E-state index contributed by atoms with van der Waals surface area (Å²) in [5, 5.41) is 2.90. The zero-order valence-electron chi connectivity index (χ0n) is 11.9. The van der Waals surface area contributed by atoms with Crippen LogP contribution in [-0.4, -0.2) is 51.6 Å². The molecule has 2 rings (SSSR count). The Kier molecular flexibility index (Phi) is 4.95. The average molecular weight is 299 g/mol. The maximum absolute atomic E-state index is 12.6. The lowest BCUT2D eigenvalue weighted by Gasteiger charge is -2.31. The normalized spacial score (nSPS) is 18.1. The molecular weight excluding hydrogens is 278 g/mol. The molecule has 0 aromatic carbocycles. The van der Waals surface area contributed by atoms with Crippen molar-refractivity contribution in [1.82, 2.24) is 9.29 Å². The van der Waals surface area contributed by atoms with Crippen LogP contribution in [0, 0.1) is 5.92 Å². The SMILES string of the molecule is CNc1ccncc1S(=O)(=O)N1CCC(COC)CC1. The van der Waals surface area contributed by atoms with Crippen LogP contribution in [0.3, 0.4) is 0 Å². The highest BCUT2D eigenvalue weighted by molar-refractivity contribution is 7.89. The van der Waals surface area contributed by atoms with E-state index < -0.39 is 10.0 Å². The highest BCUT2D eigenvalue weighted by Gasteiger charge is 2.31. The first-order chi connectivity index (χ1) is 9.59. The van der Waals surface area contributed by atoms with Gasteiger partial charge in [0.25, 0.3) is 0 Å². The highest BCUT2D eigenvalue weighted by Crippen LogP contribution is 2.27. The third-order valence-electron chi connectivity index (χ3n) is 3.65. The van der Waals surface area contributed by atoms with E-state index in [0.29, 0.717) is 31.3 Å². The molecule has 0 radical (unpaired) electrons. The molecule has 1 aromatic rings. The van der Waals surface area contributed by atoms with E-state index in [9.17, 15) is 8.42 Å². The number of methoxy groups -OCH3 is 1. The van der Waals surface area contributed by atoms with Crippen molar-refractivity contribution in [2.45, 2.75) is 17.7 Å². The number of pyridine rings is 1. The second kappa shape index (κ2) is 6.51. The molecule has 20 heavy (non-hydrogen) atoms. The Morgan fingerprint density at radius 2 is 2.15 bits per heavy atom. The Labute approximate surface area is 120 Å². The Morgan fingerprint density at radius 3 is 2.75 bits per heavy atom. The average Bonchev–Trinajstić information content (AvgIpc) is 2.48. The molecule has 1 fully saturated rings. The van der Waals surface area contributed by atoms with E-state index in [1.807, 2.05) is 0 Å². The van der Waals surface area contributed by atoms with Crippen molar-refractivity contribution in [3.8, 4) is 0 Å². The molecular formula is C13H21N3O3S. The van der Waals surface area contributed by atoms with E-state index in [1.165, 1.54) is 10.5 Å². The van der Waals surface area contributed by atoms with Gasteiger partial charge < -0.3 is 10.1 Å². The summed E-state index contributed by atoms with van der Waals surface area (Å²) in [5.41, 5.74) is 0.582. The summed E-state index contributed by atoms with van der Waals surface area (Å²) in [7, 11) is -0.0896. The molecule has 0 unspecified atom stereocenters. The van der Waals surface area contributed by atoms with Gasteiger partial charge in [0, 0.05) is 46.2 Å². The minimum Gasteiger partial charge on any atom is -0.387 e. The zero-order valence-corrected chi connectivity index (χ0v) is 12.7. The predicted octanol–water partition coefficient (Wildman–Crippen LogP) is 1.17. The molecule has 0 aliphatic carbocycles. The number of hydrogen-bond donors (Lipinski definition) is 1. The number of nitrogens with one attached hydrogen (secondary N) is 1. The van der Waals surface area contributed by atoms with Crippen molar-refractivity contribution in [2.24, 2.45) is 5.92 Å². The molecule has 0 bridgehead atoms. The van der Waals surface area contributed by atoms with Crippen LogP contribution in [0.1, 0.15) is 12.8 Å². The molecule has 1 aromatic heterocycles. The first-order valence-electron chi connectivity index (χ1n) is 6.70. The van der Waals surface area contributed by atoms with E-state index >= 15 is 0 Å². The second-order valence-electron chi connectivity index (χ2n) is 4.92. The van der Waals surface area contributed by atoms with E-state index in [4.69, 9.17) is 4.74 Å². The highest BCUT2D eigenvalue weighted by atomic mass is 32.2. The lowest BCUT2D eigenvalue weighted by Crippen LogP contribution is -2.39. The van der Waals surface area contributed by atoms with E-state index in [2.05, 4.69) is 10.3 Å². The van der Waals surface area contributed by atoms with Crippen molar-refractivity contribution in [3.05, 3.63) is 18.5 Å². The molecule has 1 N–H and O–H groups in total. The summed E-state index contributed by atoms with van der Waals surface area (Å²) in [6, 6.07) is 1.67. The van der Waals surface area contributed by atoms with Crippen molar-refractivity contribution in [3.63, 3.8) is 0 Å². The van der Waals surface area contributed by atoms with Crippen molar-refractivity contribution in [1.29, 1.82) is 0 Å². The predicted molar refractivity (Wildman–Crippen MR) is 77.1 cm³/mol. The fourth-order valence-electron chi connectivity index (χ4n) is 2.48. The fourth-order valence-corrected chi connectivity index (χ4v) is 4.09. The molecule has 0 saturated carbocycles. The van der Waals surface area contributed by atoms with Crippen LogP contribution in [0.25, 0.3) is 0 Å². The molecule has 112 valence electrons. The van der Waals surface area contributed by atoms with Crippen LogP contribution in [0.15, 0.2) is 23.4 Å². The number of hydrogen-bond acceptors (Lipinski definition) is 5. The van der Waals surface area contributed by atoms with Gasteiger partial charge in [0.05, 0.1) is 5.69 Å². The maximum atomic E-state index is 12.6. The fraction of sp³-hybridized carbons (Fsp3) is 0.615. The van der Waals surface area contributed by atoms with Crippen molar-refractivity contribution < 1.29 is 13.2 Å². The minimum absolute atomic E-state index is 0.243.